The molecule has 0 N–H and O–H groups in total. The standard InChI is InChI=1S/C17H15ClN4O.5CO.W/c1-2-23-12-15-17(14-6-4-3-5-7-14)22(21-20-15)11-13-8-9-16(18)19-10-13;5*1-2;/h3-10H,2,11H2,1H3;;;;;;. The van der Waals surface area contributed by atoms with Crippen molar-refractivity contribution in [2.24, 2.45) is 0 Å². The maximum absolute atomic E-state index is 7.50. The van der Waals surface area contributed by atoms with Crippen LogP contribution < -0.4 is 0 Å². The first-order valence-electron chi connectivity index (χ1n) is 8.47. The summed E-state index contributed by atoms with van der Waals surface area (Å²) in [6.07, 6.45) is 1.75. The molecule has 0 radical (unpaired) electrons. The Bertz CT molecular complexity index is 1030. The van der Waals surface area contributed by atoms with E-state index in [1.165, 1.54) is 19.4 Å². The average Bonchev–Trinajstić information content (AvgIpc) is 3.35. The molecule has 0 fully saturated rings. The molecular weight excluding hydrogens is 636 g/mol. The minimum absolute atomic E-state index is 0.477. The van der Waals surface area contributed by atoms with Crippen LogP contribution in [0.5, 0.6) is 0 Å². The number of benzene rings is 1. The first kappa shape index (κ1) is 35.6. The zero-order chi connectivity index (χ0) is 26.9. The van der Waals surface area contributed by atoms with Crippen molar-refractivity contribution in [3.05, 3.63) is 98.3 Å². The molecule has 0 bridgehead atoms. The Kier molecular flexibility index (Phi) is 25.8. The van der Waals surface area contributed by atoms with Gasteiger partial charge < -0.3 is 0 Å². The van der Waals surface area contributed by atoms with E-state index in [1.807, 2.05) is 48.0 Å². The molecule has 0 unspecified atom stereocenters. The molecule has 0 saturated carbocycles. The summed E-state index contributed by atoms with van der Waals surface area (Å²) in [6, 6.07) is 13.8. The van der Waals surface area contributed by atoms with E-state index in [0.29, 0.717) is 18.3 Å². The molecule has 1 aromatic carbocycles. The fourth-order valence-corrected chi connectivity index (χ4v) is 3.34. The van der Waals surface area contributed by atoms with Crippen molar-refractivity contribution in [3.8, 4) is 11.3 Å². The van der Waals surface area contributed by atoms with Gasteiger partial charge in [0.1, 0.15) is 0 Å². The van der Waals surface area contributed by atoms with E-state index in [9.17, 15) is 0 Å². The molecule has 3 aromatic rings. The molecule has 0 saturated heterocycles. The third-order valence-electron chi connectivity index (χ3n) is 3.37. The van der Waals surface area contributed by atoms with E-state index in [0.717, 1.165) is 26.6 Å². The number of pyridine rings is 1. The summed E-state index contributed by atoms with van der Waals surface area (Å²) in [5, 5.41) is 9.16. The van der Waals surface area contributed by atoms with Gasteiger partial charge in [-0.2, -0.15) is 0 Å². The summed E-state index contributed by atoms with van der Waals surface area (Å²) in [6.45, 7) is 25.6. The zero-order valence-corrected chi connectivity index (χ0v) is 21.2. The summed E-state index contributed by atoms with van der Waals surface area (Å²) in [5.74, 6) is 0. The number of aromatic nitrogens is 4. The van der Waals surface area contributed by atoms with Crippen LogP contribution in [-0.2, 0) is 53.9 Å². The molecule has 0 aliphatic heterocycles. The molecule has 3 rings (SSSR count). The second kappa shape index (κ2) is 24.7. The third kappa shape index (κ3) is 12.3. The number of hydrogen-bond acceptors (Lipinski definition) is 4. The predicted molar refractivity (Wildman–Crippen MR) is 109 cm³/mol. The third-order valence-corrected chi connectivity index (χ3v) is 4.71. The van der Waals surface area contributed by atoms with Crippen LogP contribution in [0.2, 0.25) is 5.15 Å². The molecule has 2 heterocycles. The van der Waals surface area contributed by atoms with E-state index in [1.54, 1.807) is 12.3 Å². The van der Waals surface area contributed by atoms with E-state index < -0.39 is 0 Å². The summed E-state index contributed by atoms with van der Waals surface area (Å²) >= 11 is 7.09. The summed E-state index contributed by atoms with van der Waals surface area (Å²) in [4.78, 5) is 4.13. The van der Waals surface area contributed by atoms with Crippen molar-refractivity contribution < 1.29 is 47.4 Å². The van der Waals surface area contributed by atoms with Crippen molar-refractivity contribution in [2.45, 2.75) is 13.5 Å². The van der Waals surface area contributed by atoms with Gasteiger partial charge in [-0.25, -0.2) is 0 Å². The van der Waals surface area contributed by atoms with Gasteiger partial charge in [0, 0.05) is 0 Å². The molecule has 10 nitrogen and oxygen atoms in total. The number of hydrogen-bond donors (Lipinski definition) is 0. The van der Waals surface area contributed by atoms with E-state index in [2.05, 4.69) is 48.5 Å². The Morgan fingerprint density at radius 2 is 1.50 bits per heavy atom. The predicted octanol–water partition coefficient (Wildman–Crippen LogP) is 2.92. The normalized spacial score (nSPS) is 7.88. The maximum atomic E-state index is 7.50. The Morgan fingerprint density at radius 1 is 0.941 bits per heavy atom. The van der Waals surface area contributed by atoms with Crippen molar-refractivity contribution in [3.63, 3.8) is 0 Å². The number of halogens is 1. The minimum atomic E-state index is 0.477. The van der Waals surface area contributed by atoms with Crippen LogP contribution in [0.4, 0.5) is 0 Å². The molecule has 12 heteroatoms. The van der Waals surface area contributed by atoms with Crippen LogP contribution in [0.25, 0.3) is 11.3 Å². The van der Waals surface area contributed by atoms with Crippen molar-refractivity contribution in [2.75, 3.05) is 6.61 Å². The van der Waals surface area contributed by atoms with Gasteiger partial charge in [-0.3, -0.25) is 0 Å². The van der Waals surface area contributed by atoms with Crippen LogP contribution in [0.1, 0.15) is 18.2 Å². The van der Waals surface area contributed by atoms with Crippen LogP contribution in [0, 0.1) is 33.3 Å². The van der Waals surface area contributed by atoms with Gasteiger partial charge in [0.25, 0.3) is 0 Å². The van der Waals surface area contributed by atoms with Gasteiger partial charge in [0.15, 0.2) is 0 Å². The molecule has 2 aromatic heterocycles. The van der Waals surface area contributed by atoms with Gasteiger partial charge in [0.05, 0.1) is 0 Å². The summed E-state index contributed by atoms with van der Waals surface area (Å²) in [7, 11) is 0. The van der Waals surface area contributed by atoms with Gasteiger partial charge in [-0.1, -0.05) is 0 Å². The quantitative estimate of drug-likeness (QED) is 0.229. The number of nitrogens with zero attached hydrogens (tertiary/aromatic N) is 4. The van der Waals surface area contributed by atoms with Crippen molar-refractivity contribution in [1.82, 2.24) is 20.0 Å². The average molecular weight is 651 g/mol. The second-order valence-electron chi connectivity index (χ2n) is 5.02. The Labute approximate surface area is 212 Å². The first-order valence-corrected chi connectivity index (χ1v) is 10.3. The van der Waals surface area contributed by atoms with E-state index in [-0.39, 0.29) is 0 Å². The van der Waals surface area contributed by atoms with Crippen LogP contribution >= 0.6 is 11.6 Å². The molecule has 0 spiro atoms. The molecule has 0 amide bonds. The fraction of sp³-hybridized carbons (Fsp3) is 0.136. The zero-order valence-electron chi connectivity index (χ0n) is 17.6. The Hall–Kier alpha value is -2.98. The Morgan fingerprint density at radius 3 is 1.97 bits per heavy atom. The van der Waals surface area contributed by atoms with Gasteiger partial charge in [-0.15, -0.1) is 0 Å². The van der Waals surface area contributed by atoms with Gasteiger partial charge in [0.2, 0.25) is 0 Å². The molecule has 0 atom stereocenters. The van der Waals surface area contributed by atoms with E-state index >= 15 is 0 Å². The van der Waals surface area contributed by atoms with Crippen LogP contribution in [0.15, 0.2) is 48.7 Å². The fourth-order valence-electron chi connectivity index (χ4n) is 2.32. The van der Waals surface area contributed by atoms with Crippen LogP contribution in [-0.4, -0.2) is 30.7 Å². The topological polar surface area (TPSA) is 152 Å². The molecule has 0 aliphatic carbocycles. The number of rotatable bonds is 6. The Balaban J connectivity index is -0.000000854. The molecule has 0 aliphatic rings. The van der Waals surface area contributed by atoms with E-state index in [4.69, 9.17) is 39.6 Å². The van der Waals surface area contributed by atoms with Crippen LogP contribution in [0.3, 0.4) is 0 Å². The second-order valence-corrected chi connectivity index (χ2v) is 6.74. The summed E-state index contributed by atoms with van der Waals surface area (Å²) in [5.41, 5.74) is 3.80. The molecule has 34 heavy (non-hydrogen) atoms. The SMILES string of the molecule is CCO[C](=[W])c1nnn(Cc2ccc(Cl)nc2)c1-c1ccccc1.[C-]#[O+].[C-]#[O+].[C-]#[O+].[C-]#[O+].[C-]#[O+]. The number of ether oxygens (including phenoxy) is 1. The van der Waals surface area contributed by atoms with Gasteiger partial charge in [-0.05, 0) is 0 Å². The monoisotopic (exact) mass is 650 g/mol. The van der Waals surface area contributed by atoms with Crippen molar-refractivity contribution in [1.29, 1.82) is 0 Å². The van der Waals surface area contributed by atoms with Gasteiger partial charge >= 0.3 is 213 Å². The summed E-state index contributed by atoms with van der Waals surface area (Å²) < 4.78 is 45.9. The molecular formula is C22H15ClN4O6W. The molecule has 172 valence electrons. The first-order chi connectivity index (χ1) is 16.7. The van der Waals surface area contributed by atoms with Crippen molar-refractivity contribution >= 4 is 15.7 Å².